The minimum atomic E-state index is -4.23. The maximum absolute atomic E-state index is 12.6. The highest BCUT2D eigenvalue weighted by Gasteiger charge is 2.41. The van der Waals surface area contributed by atoms with Gasteiger partial charge in [-0.15, -0.1) is 0 Å². The molecule has 1 aromatic heterocycles. The molecule has 0 unspecified atom stereocenters. The number of hydrazine groups is 1. The molecule has 18 heavy (non-hydrogen) atoms. The Kier molecular flexibility index (Phi) is 4.65. The lowest BCUT2D eigenvalue weighted by atomic mass is 10.4. The van der Waals surface area contributed by atoms with Crippen LogP contribution in [0.3, 0.4) is 0 Å². The number of hydrogen-bond acceptors (Lipinski definition) is 5. The van der Waals surface area contributed by atoms with Crippen LogP contribution in [-0.2, 0) is 6.42 Å². The summed E-state index contributed by atoms with van der Waals surface area (Å²) in [7, 11) is 0. The van der Waals surface area contributed by atoms with E-state index in [2.05, 4.69) is 20.1 Å². The molecule has 102 valence electrons. The van der Waals surface area contributed by atoms with Gasteiger partial charge in [-0.25, -0.2) is 19.6 Å². The summed E-state index contributed by atoms with van der Waals surface area (Å²) in [4.78, 5) is 7.64. The van der Waals surface area contributed by atoms with Crippen LogP contribution in [0.5, 0.6) is 5.88 Å². The summed E-state index contributed by atoms with van der Waals surface area (Å²) >= 11 is 0. The Bertz CT molecular complexity index is 380. The van der Waals surface area contributed by atoms with Gasteiger partial charge in [-0.2, -0.15) is 13.8 Å². The van der Waals surface area contributed by atoms with Crippen LogP contribution in [0.1, 0.15) is 12.7 Å². The first kappa shape index (κ1) is 14.4. The van der Waals surface area contributed by atoms with Crippen molar-refractivity contribution in [2.24, 2.45) is 5.84 Å². The quantitative estimate of drug-likeness (QED) is 0.466. The summed E-state index contributed by atoms with van der Waals surface area (Å²) in [5.74, 6) is 1.08. The number of aromatic nitrogens is 2. The third-order valence-corrected chi connectivity index (χ3v) is 1.94. The highest BCUT2D eigenvalue weighted by Crippen LogP contribution is 2.24. The molecule has 5 nitrogen and oxygen atoms in total. The molecule has 3 N–H and O–H groups in total. The Hall–Kier alpha value is -1.64. The van der Waals surface area contributed by atoms with Crippen LogP contribution in [0, 0.1) is 0 Å². The fourth-order valence-electron chi connectivity index (χ4n) is 1.01. The molecular formula is C9H12F4N4O. The standard InChI is InChI=1S/C9H12F4N4O/c1-2-5-15-6(17-14)3-7(16-5)18-4-9(12,13)8(10)11/h3,8H,2,4,14H2,1H3,(H,15,16,17). The molecule has 0 amide bonds. The Morgan fingerprint density at radius 3 is 2.61 bits per heavy atom. The molecule has 0 fully saturated rings. The van der Waals surface area contributed by atoms with E-state index in [-0.39, 0.29) is 11.7 Å². The van der Waals surface area contributed by atoms with Gasteiger partial charge in [0, 0.05) is 12.5 Å². The zero-order chi connectivity index (χ0) is 13.8. The Balaban J connectivity index is 2.78. The number of alkyl halides is 4. The average molecular weight is 268 g/mol. The van der Waals surface area contributed by atoms with Crippen molar-refractivity contribution in [1.82, 2.24) is 9.97 Å². The van der Waals surface area contributed by atoms with Crippen molar-refractivity contribution in [3.8, 4) is 5.88 Å². The lowest BCUT2D eigenvalue weighted by Crippen LogP contribution is -2.34. The number of nitrogens with two attached hydrogens (primary N) is 1. The van der Waals surface area contributed by atoms with Crippen molar-refractivity contribution in [2.45, 2.75) is 25.7 Å². The highest BCUT2D eigenvalue weighted by molar-refractivity contribution is 5.36. The maximum atomic E-state index is 12.6. The predicted octanol–water partition coefficient (Wildman–Crippen LogP) is 1.60. The summed E-state index contributed by atoms with van der Waals surface area (Å²) in [5, 5.41) is 0. The molecule has 1 aromatic rings. The SMILES string of the molecule is CCc1nc(NN)cc(OCC(F)(F)C(F)F)n1. The van der Waals surface area contributed by atoms with Gasteiger partial charge in [-0.1, -0.05) is 6.92 Å². The van der Waals surface area contributed by atoms with E-state index < -0.39 is 19.0 Å². The molecule has 0 saturated heterocycles. The average Bonchev–Trinajstić information content (AvgIpc) is 2.35. The van der Waals surface area contributed by atoms with Crippen LogP contribution in [-0.4, -0.2) is 28.9 Å². The third kappa shape index (κ3) is 3.69. The van der Waals surface area contributed by atoms with Crippen LogP contribution in [0.2, 0.25) is 0 Å². The van der Waals surface area contributed by atoms with E-state index in [1.54, 1.807) is 6.92 Å². The molecule has 0 spiro atoms. The van der Waals surface area contributed by atoms with Crippen molar-refractivity contribution in [3.63, 3.8) is 0 Å². The zero-order valence-corrected chi connectivity index (χ0v) is 9.46. The van der Waals surface area contributed by atoms with Crippen molar-refractivity contribution in [1.29, 1.82) is 0 Å². The molecule has 0 bridgehead atoms. The fourth-order valence-corrected chi connectivity index (χ4v) is 1.01. The number of aryl methyl sites for hydroxylation is 1. The molecule has 0 atom stereocenters. The highest BCUT2D eigenvalue weighted by atomic mass is 19.3. The lowest BCUT2D eigenvalue weighted by molar-refractivity contribution is -0.148. The number of nitrogens with zero attached hydrogens (tertiary/aromatic N) is 2. The fraction of sp³-hybridized carbons (Fsp3) is 0.556. The second-order valence-corrected chi connectivity index (χ2v) is 3.36. The smallest absolute Gasteiger partial charge is 0.340 e. The molecule has 0 aliphatic carbocycles. The van der Waals surface area contributed by atoms with Gasteiger partial charge in [0.15, 0.2) is 6.61 Å². The number of halogens is 4. The van der Waals surface area contributed by atoms with Gasteiger partial charge in [-0.05, 0) is 0 Å². The summed E-state index contributed by atoms with van der Waals surface area (Å²) < 4.78 is 53.6. The van der Waals surface area contributed by atoms with Gasteiger partial charge in [0.05, 0.1) is 0 Å². The van der Waals surface area contributed by atoms with E-state index in [9.17, 15) is 17.6 Å². The van der Waals surface area contributed by atoms with Crippen molar-refractivity contribution >= 4 is 5.82 Å². The zero-order valence-electron chi connectivity index (χ0n) is 9.46. The number of nitrogen functional groups attached to an aromatic ring is 1. The molecule has 0 aliphatic heterocycles. The number of ether oxygens (including phenoxy) is 1. The van der Waals surface area contributed by atoms with E-state index in [0.717, 1.165) is 6.07 Å². The summed E-state index contributed by atoms with van der Waals surface area (Å²) in [6.07, 6.45) is -3.38. The van der Waals surface area contributed by atoms with Crippen LogP contribution < -0.4 is 16.0 Å². The lowest BCUT2D eigenvalue weighted by Gasteiger charge is -2.16. The molecule has 0 radical (unpaired) electrons. The normalized spacial score (nSPS) is 11.7. The topological polar surface area (TPSA) is 73.1 Å². The Morgan fingerprint density at radius 1 is 1.44 bits per heavy atom. The van der Waals surface area contributed by atoms with Gasteiger partial charge in [0.2, 0.25) is 5.88 Å². The number of hydrogen-bond donors (Lipinski definition) is 2. The van der Waals surface area contributed by atoms with Gasteiger partial charge in [-0.3, -0.25) is 0 Å². The first-order valence-corrected chi connectivity index (χ1v) is 5.02. The summed E-state index contributed by atoms with van der Waals surface area (Å²) in [5.41, 5.74) is 2.20. The van der Waals surface area contributed by atoms with E-state index in [4.69, 9.17) is 5.84 Å². The van der Waals surface area contributed by atoms with Crippen molar-refractivity contribution < 1.29 is 22.3 Å². The van der Waals surface area contributed by atoms with Crippen LogP contribution >= 0.6 is 0 Å². The number of anilines is 1. The van der Waals surface area contributed by atoms with Gasteiger partial charge in [0.25, 0.3) is 0 Å². The maximum Gasteiger partial charge on any atom is 0.340 e. The Labute approximate surface area is 100 Å². The molecule has 9 heteroatoms. The second-order valence-electron chi connectivity index (χ2n) is 3.36. The van der Waals surface area contributed by atoms with Crippen molar-refractivity contribution in [2.75, 3.05) is 12.0 Å². The van der Waals surface area contributed by atoms with Crippen LogP contribution in [0.4, 0.5) is 23.4 Å². The van der Waals surface area contributed by atoms with Gasteiger partial charge >= 0.3 is 12.3 Å². The van der Waals surface area contributed by atoms with E-state index in [1.807, 2.05) is 0 Å². The first-order chi connectivity index (χ1) is 8.39. The molecular weight excluding hydrogens is 256 g/mol. The molecule has 1 heterocycles. The molecule has 1 rings (SSSR count). The Morgan fingerprint density at radius 2 is 2.11 bits per heavy atom. The largest absolute Gasteiger partial charge is 0.471 e. The molecule has 0 aromatic carbocycles. The van der Waals surface area contributed by atoms with Crippen molar-refractivity contribution in [3.05, 3.63) is 11.9 Å². The summed E-state index contributed by atoms with van der Waals surface area (Å²) in [6, 6.07) is 1.14. The monoisotopic (exact) mass is 268 g/mol. The minimum absolute atomic E-state index is 0.150. The number of rotatable bonds is 6. The summed E-state index contributed by atoms with van der Waals surface area (Å²) in [6.45, 7) is 0.266. The number of nitrogens with one attached hydrogen (secondary N) is 1. The van der Waals surface area contributed by atoms with Crippen LogP contribution in [0.15, 0.2) is 6.07 Å². The van der Waals surface area contributed by atoms with E-state index in [0.29, 0.717) is 12.2 Å². The third-order valence-electron chi connectivity index (χ3n) is 1.94. The second kappa shape index (κ2) is 5.80. The van der Waals surface area contributed by atoms with Gasteiger partial charge < -0.3 is 10.2 Å². The van der Waals surface area contributed by atoms with E-state index >= 15 is 0 Å². The van der Waals surface area contributed by atoms with Crippen LogP contribution in [0.25, 0.3) is 0 Å². The predicted molar refractivity (Wildman–Crippen MR) is 55.7 cm³/mol. The minimum Gasteiger partial charge on any atom is -0.471 e. The molecule has 0 aliphatic rings. The van der Waals surface area contributed by atoms with E-state index in [1.165, 1.54) is 0 Å². The first-order valence-electron chi connectivity index (χ1n) is 5.02. The van der Waals surface area contributed by atoms with Gasteiger partial charge in [0.1, 0.15) is 11.6 Å². The molecule has 0 saturated carbocycles.